The maximum absolute atomic E-state index is 12.3. The molecule has 2 N–H and O–H groups in total. The summed E-state index contributed by atoms with van der Waals surface area (Å²) in [4.78, 5) is 0.370. The summed E-state index contributed by atoms with van der Waals surface area (Å²) in [7, 11) is -1.98. The van der Waals surface area contributed by atoms with E-state index in [1.54, 1.807) is 36.4 Å². The zero-order valence-corrected chi connectivity index (χ0v) is 24.6. The predicted molar refractivity (Wildman–Crippen MR) is 144 cm³/mol. The highest BCUT2D eigenvalue weighted by molar-refractivity contribution is 9.10. The molecular formula is C23H30Br2ClNO6S2. The Morgan fingerprint density at radius 3 is 1.71 bits per heavy atom. The fraction of sp³-hybridized carbons (Fsp3) is 0.478. The number of hydrogen-bond donors (Lipinski definition) is 2. The van der Waals surface area contributed by atoms with Gasteiger partial charge in [-0.3, -0.25) is 0 Å². The van der Waals surface area contributed by atoms with Crippen LogP contribution in [0.1, 0.15) is 44.9 Å². The molecule has 1 saturated carbocycles. The smallest absolute Gasteiger partial charge is 0.261 e. The van der Waals surface area contributed by atoms with Gasteiger partial charge in [0.15, 0.2) is 0 Å². The fourth-order valence-corrected chi connectivity index (χ4v) is 7.08. The summed E-state index contributed by atoms with van der Waals surface area (Å²) in [6.45, 7) is 0.667. The van der Waals surface area contributed by atoms with E-state index < -0.39 is 25.2 Å². The third-order valence-electron chi connectivity index (χ3n) is 5.45. The summed E-state index contributed by atoms with van der Waals surface area (Å²) in [5, 5.41) is 18.4. The van der Waals surface area contributed by atoms with Crippen LogP contribution in [0.2, 0.25) is 0 Å². The monoisotopic (exact) mass is 673 g/mol. The Kier molecular flexibility index (Phi) is 12.6. The quantitative estimate of drug-likeness (QED) is 0.429. The lowest BCUT2D eigenvalue weighted by molar-refractivity contribution is 0.108. The molecule has 1 heterocycles. The number of benzene rings is 2. The van der Waals surface area contributed by atoms with Crippen molar-refractivity contribution >= 4 is 61.6 Å². The number of rotatable bonds is 3. The Balaban J connectivity index is 0.000000205. The number of aliphatic hydroxyl groups is 2. The second-order valence-corrected chi connectivity index (χ2v) is 14.6. The van der Waals surface area contributed by atoms with Crippen molar-refractivity contribution in [3.63, 3.8) is 0 Å². The van der Waals surface area contributed by atoms with E-state index in [1.165, 1.54) is 35.7 Å². The fourth-order valence-electron chi connectivity index (χ4n) is 3.62. The van der Waals surface area contributed by atoms with Crippen molar-refractivity contribution < 1.29 is 27.0 Å². The van der Waals surface area contributed by atoms with Gasteiger partial charge in [0.25, 0.3) is 9.05 Å². The Labute approximate surface area is 229 Å². The molecular weight excluding hydrogens is 646 g/mol. The van der Waals surface area contributed by atoms with Crippen LogP contribution in [0.3, 0.4) is 0 Å². The van der Waals surface area contributed by atoms with Crippen molar-refractivity contribution in [3.05, 3.63) is 57.5 Å². The van der Waals surface area contributed by atoms with E-state index in [4.69, 9.17) is 15.8 Å². The van der Waals surface area contributed by atoms with Gasteiger partial charge in [0.1, 0.15) is 0 Å². The highest BCUT2D eigenvalue weighted by atomic mass is 79.9. The lowest BCUT2D eigenvalue weighted by Gasteiger charge is -2.29. The van der Waals surface area contributed by atoms with Crippen LogP contribution < -0.4 is 0 Å². The molecule has 7 nitrogen and oxygen atoms in total. The van der Waals surface area contributed by atoms with Crippen LogP contribution in [-0.2, 0) is 19.1 Å². The van der Waals surface area contributed by atoms with Gasteiger partial charge in [0.2, 0.25) is 10.0 Å². The lowest BCUT2D eigenvalue weighted by atomic mass is 9.98. The van der Waals surface area contributed by atoms with E-state index in [0.717, 1.165) is 17.3 Å². The number of piperidine rings is 1. The van der Waals surface area contributed by atoms with Crippen LogP contribution in [0, 0.1) is 0 Å². The van der Waals surface area contributed by atoms with Crippen LogP contribution in [0.15, 0.2) is 67.3 Å². The Bertz CT molecular complexity index is 1160. The summed E-state index contributed by atoms with van der Waals surface area (Å²) in [6.07, 6.45) is 6.75. The number of β-amino-alcohol motifs (C(OH)–C–C–N with tert-alkyl or cyclic N) is 1. The van der Waals surface area contributed by atoms with Crippen molar-refractivity contribution in [2.75, 3.05) is 13.1 Å². The van der Waals surface area contributed by atoms with Crippen LogP contribution in [0.5, 0.6) is 0 Å². The average molecular weight is 676 g/mol. The van der Waals surface area contributed by atoms with Crippen molar-refractivity contribution in [1.29, 1.82) is 0 Å². The van der Waals surface area contributed by atoms with E-state index in [0.29, 0.717) is 23.9 Å². The molecule has 12 heteroatoms. The van der Waals surface area contributed by atoms with Gasteiger partial charge in [0, 0.05) is 32.7 Å². The largest absolute Gasteiger partial charge is 0.393 e. The van der Waals surface area contributed by atoms with Crippen molar-refractivity contribution in [1.82, 2.24) is 4.31 Å². The average Bonchev–Trinajstić information content (AvgIpc) is 2.80. The first-order valence-electron chi connectivity index (χ1n) is 11.2. The van der Waals surface area contributed by atoms with Gasteiger partial charge >= 0.3 is 0 Å². The van der Waals surface area contributed by atoms with E-state index in [1.807, 2.05) is 0 Å². The Hall–Kier alpha value is -0.530. The predicted octanol–water partition coefficient (Wildman–Crippen LogP) is 5.28. The summed E-state index contributed by atoms with van der Waals surface area (Å²) in [5.74, 6) is 0. The molecule has 2 aromatic carbocycles. The van der Waals surface area contributed by atoms with E-state index >= 15 is 0 Å². The molecule has 0 unspecified atom stereocenters. The van der Waals surface area contributed by atoms with Crippen LogP contribution in [0.25, 0.3) is 0 Å². The zero-order chi connectivity index (χ0) is 26.1. The SMILES string of the molecule is O=S(=O)(Cl)c1cccc(Br)c1.O=S(=O)(c1cccc(Br)c1)N1CCC[C@@H](O)C1.OC1CCCCC1. The van der Waals surface area contributed by atoms with Crippen LogP contribution >= 0.6 is 42.5 Å². The molecule has 2 fully saturated rings. The van der Waals surface area contributed by atoms with Gasteiger partial charge in [-0.25, -0.2) is 16.8 Å². The lowest BCUT2D eigenvalue weighted by Crippen LogP contribution is -2.42. The first kappa shape index (κ1) is 30.7. The number of aliphatic hydroxyl groups excluding tert-OH is 2. The Morgan fingerprint density at radius 1 is 0.771 bits per heavy atom. The van der Waals surface area contributed by atoms with Gasteiger partial charge < -0.3 is 10.2 Å². The topological polar surface area (TPSA) is 112 Å². The van der Waals surface area contributed by atoms with Crippen molar-refractivity contribution in [2.45, 2.75) is 66.9 Å². The van der Waals surface area contributed by atoms with Crippen molar-refractivity contribution in [2.24, 2.45) is 0 Å². The third kappa shape index (κ3) is 10.8. The van der Waals surface area contributed by atoms with Gasteiger partial charge in [-0.15, -0.1) is 0 Å². The maximum Gasteiger partial charge on any atom is 0.261 e. The molecule has 0 radical (unpaired) electrons. The van der Waals surface area contributed by atoms with Gasteiger partial charge in [-0.2, -0.15) is 4.31 Å². The van der Waals surface area contributed by atoms with E-state index in [9.17, 15) is 21.9 Å². The number of sulfonamides is 1. The van der Waals surface area contributed by atoms with Crippen LogP contribution in [-0.4, -0.2) is 56.7 Å². The molecule has 0 amide bonds. The maximum atomic E-state index is 12.3. The summed E-state index contributed by atoms with van der Waals surface area (Å²) < 4.78 is 48.8. The minimum Gasteiger partial charge on any atom is -0.393 e. The molecule has 4 rings (SSSR count). The second-order valence-electron chi connectivity index (χ2n) is 8.30. The molecule has 35 heavy (non-hydrogen) atoms. The second kappa shape index (κ2) is 14.4. The molecule has 0 spiro atoms. The normalized spacial score (nSPS) is 19.6. The molecule has 1 aliphatic carbocycles. The first-order valence-corrected chi connectivity index (χ1v) is 16.5. The summed E-state index contributed by atoms with van der Waals surface area (Å²) in [5.41, 5.74) is 0. The highest BCUT2D eigenvalue weighted by Crippen LogP contribution is 2.23. The molecule has 1 atom stereocenters. The number of halogens is 3. The van der Waals surface area contributed by atoms with Gasteiger partial charge in [-0.05, 0) is 62.1 Å². The molecule has 196 valence electrons. The standard InChI is InChI=1S/C11H14BrNO3S.C6H4BrClO2S.C6H12O/c12-9-3-1-5-11(7-9)17(15,16)13-6-2-4-10(14)8-13;7-5-2-1-3-6(4-5)11(8,9)10;7-6-4-2-1-3-5-6/h1,3,5,7,10,14H,2,4,6,8H2;1-4H;6-7H,1-5H2/t10-;;/m1../s1. The van der Waals surface area contributed by atoms with Gasteiger partial charge in [-0.1, -0.05) is 63.3 Å². The number of nitrogens with zero attached hydrogens (tertiary/aromatic N) is 1. The minimum absolute atomic E-state index is 0.0359. The zero-order valence-electron chi connectivity index (χ0n) is 19.1. The third-order valence-corrected chi connectivity index (χ3v) is 9.64. The van der Waals surface area contributed by atoms with E-state index in [-0.39, 0.29) is 22.4 Å². The minimum atomic E-state index is -3.58. The molecule has 0 aromatic heterocycles. The highest BCUT2D eigenvalue weighted by Gasteiger charge is 2.29. The molecule has 0 bridgehead atoms. The van der Waals surface area contributed by atoms with Crippen molar-refractivity contribution in [3.8, 4) is 0 Å². The molecule has 2 aromatic rings. The Morgan fingerprint density at radius 2 is 1.29 bits per heavy atom. The molecule has 1 saturated heterocycles. The summed E-state index contributed by atoms with van der Waals surface area (Å²) >= 11 is 6.39. The number of hydrogen-bond acceptors (Lipinski definition) is 6. The van der Waals surface area contributed by atoms with Gasteiger partial charge in [0.05, 0.1) is 22.0 Å². The molecule has 1 aliphatic heterocycles. The summed E-state index contributed by atoms with van der Waals surface area (Å²) in [6, 6.07) is 12.8. The first-order chi connectivity index (χ1) is 16.4. The van der Waals surface area contributed by atoms with E-state index in [2.05, 4.69) is 31.9 Å². The molecule has 2 aliphatic rings. The van der Waals surface area contributed by atoms with Crippen LogP contribution in [0.4, 0.5) is 0 Å².